The molecule has 0 aliphatic rings. The van der Waals surface area contributed by atoms with E-state index in [4.69, 9.17) is 0 Å². The Kier molecular flexibility index (Phi) is 7.17. The van der Waals surface area contributed by atoms with E-state index in [2.05, 4.69) is 62.0 Å². The quantitative estimate of drug-likeness (QED) is 0.752. The maximum atomic E-state index is 4.11. The number of hydrogen-bond acceptors (Lipinski definition) is 3. The smallest absolute Gasteiger partial charge is 0.0309 e. The molecule has 1 unspecified atom stereocenters. The standard InChI is InChI=1S/C17H31N3/c1-6-11-19-16(14-15-9-12-18-13-10-15)17(4,5)20(7-2)8-3/h9-10,12-13,16,19H,6-8,11,14H2,1-5H3. The number of hydrogen-bond donors (Lipinski definition) is 1. The molecule has 0 fully saturated rings. The number of aromatic nitrogens is 1. The highest BCUT2D eigenvalue weighted by Gasteiger charge is 2.33. The van der Waals surface area contributed by atoms with Crippen LogP contribution in [0.2, 0.25) is 0 Å². The summed E-state index contributed by atoms with van der Waals surface area (Å²) in [7, 11) is 0. The van der Waals surface area contributed by atoms with Gasteiger partial charge in [-0.1, -0.05) is 20.8 Å². The maximum absolute atomic E-state index is 4.11. The predicted molar refractivity (Wildman–Crippen MR) is 87.0 cm³/mol. The molecule has 1 aromatic rings. The minimum atomic E-state index is 0.141. The molecule has 114 valence electrons. The lowest BCUT2D eigenvalue weighted by Crippen LogP contribution is -2.58. The van der Waals surface area contributed by atoms with Gasteiger partial charge in [0.2, 0.25) is 0 Å². The van der Waals surface area contributed by atoms with Gasteiger partial charge in [-0.3, -0.25) is 9.88 Å². The zero-order valence-corrected chi connectivity index (χ0v) is 13.8. The summed E-state index contributed by atoms with van der Waals surface area (Å²) >= 11 is 0. The van der Waals surface area contributed by atoms with Crippen molar-refractivity contribution in [1.29, 1.82) is 0 Å². The Morgan fingerprint density at radius 3 is 2.25 bits per heavy atom. The van der Waals surface area contributed by atoms with Gasteiger partial charge in [-0.2, -0.15) is 0 Å². The first-order chi connectivity index (χ1) is 9.56. The number of likely N-dealkylation sites (N-methyl/N-ethyl adjacent to an activating group) is 1. The first-order valence-corrected chi connectivity index (χ1v) is 7.93. The SMILES string of the molecule is CCCNC(Cc1ccncc1)C(C)(C)N(CC)CC. The van der Waals surface area contributed by atoms with Crippen LogP contribution in [0.4, 0.5) is 0 Å². The fourth-order valence-electron chi connectivity index (χ4n) is 2.90. The van der Waals surface area contributed by atoms with E-state index in [-0.39, 0.29) is 5.54 Å². The van der Waals surface area contributed by atoms with Gasteiger partial charge in [0, 0.05) is 24.0 Å². The van der Waals surface area contributed by atoms with E-state index in [0.717, 1.165) is 26.1 Å². The first kappa shape index (κ1) is 17.1. The molecule has 0 radical (unpaired) electrons. The molecule has 0 spiro atoms. The number of pyridine rings is 1. The number of rotatable bonds is 9. The Labute approximate surface area is 124 Å². The lowest BCUT2D eigenvalue weighted by atomic mass is 9.87. The molecule has 0 saturated carbocycles. The second-order valence-corrected chi connectivity index (χ2v) is 5.89. The van der Waals surface area contributed by atoms with Crippen LogP contribution >= 0.6 is 0 Å². The van der Waals surface area contributed by atoms with Crippen LogP contribution in [0.25, 0.3) is 0 Å². The normalized spacial score (nSPS) is 13.7. The Bertz CT molecular complexity index is 358. The maximum Gasteiger partial charge on any atom is 0.0309 e. The van der Waals surface area contributed by atoms with Crippen LogP contribution in [0.1, 0.15) is 46.6 Å². The topological polar surface area (TPSA) is 28.2 Å². The molecule has 0 aliphatic heterocycles. The van der Waals surface area contributed by atoms with Gasteiger partial charge in [0.1, 0.15) is 0 Å². The average molecular weight is 277 g/mol. The van der Waals surface area contributed by atoms with Crippen molar-refractivity contribution in [2.75, 3.05) is 19.6 Å². The molecule has 1 N–H and O–H groups in total. The van der Waals surface area contributed by atoms with Gasteiger partial charge in [-0.15, -0.1) is 0 Å². The van der Waals surface area contributed by atoms with E-state index in [9.17, 15) is 0 Å². The van der Waals surface area contributed by atoms with Gasteiger partial charge in [0.05, 0.1) is 0 Å². The molecule has 0 aromatic carbocycles. The highest BCUT2D eigenvalue weighted by atomic mass is 15.2. The summed E-state index contributed by atoms with van der Waals surface area (Å²) in [5, 5.41) is 3.75. The van der Waals surface area contributed by atoms with Crippen LogP contribution < -0.4 is 5.32 Å². The zero-order chi connectivity index (χ0) is 15.0. The summed E-state index contributed by atoms with van der Waals surface area (Å²) in [6, 6.07) is 4.70. The summed E-state index contributed by atoms with van der Waals surface area (Å²) in [6.45, 7) is 14.7. The van der Waals surface area contributed by atoms with Crippen molar-refractivity contribution in [3.8, 4) is 0 Å². The number of nitrogens with one attached hydrogen (secondary N) is 1. The van der Waals surface area contributed by atoms with Gasteiger partial charge in [-0.25, -0.2) is 0 Å². The molecule has 0 amide bonds. The van der Waals surface area contributed by atoms with Gasteiger partial charge in [0.25, 0.3) is 0 Å². The summed E-state index contributed by atoms with van der Waals surface area (Å²) < 4.78 is 0. The highest BCUT2D eigenvalue weighted by Crippen LogP contribution is 2.22. The fraction of sp³-hybridized carbons (Fsp3) is 0.706. The van der Waals surface area contributed by atoms with Crippen LogP contribution in [-0.4, -0.2) is 41.1 Å². The third-order valence-electron chi connectivity index (χ3n) is 4.26. The number of nitrogens with zero attached hydrogens (tertiary/aromatic N) is 2. The second kappa shape index (κ2) is 8.38. The summed E-state index contributed by atoms with van der Waals surface area (Å²) in [5.74, 6) is 0. The molecule has 1 rings (SSSR count). The second-order valence-electron chi connectivity index (χ2n) is 5.89. The monoisotopic (exact) mass is 277 g/mol. The lowest BCUT2D eigenvalue weighted by molar-refractivity contribution is 0.0911. The largest absolute Gasteiger partial charge is 0.312 e. The van der Waals surface area contributed by atoms with Crippen molar-refractivity contribution in [2.45, 2.75) is 59.0 Å². The molecule has 3 nitrogen and oxygen atoms in total. The summed E-state index contributed by atoms with van der Waals surface area (Å²) in [5.41, 5.74) is 1.50. The van der Waals surface area contributed by atoms with Crippen molar-refractivity contribution in [3.05, 3.63) is 30.1 Å². The highest BCUT2D eigenvalue weighted by molar-refractivity contribution is 5.13. The van der Waals surface area contributed by atoms with Crippen molar-refractivity contribution in [2.24, 2.45) is 0 Å². The molecule has 20 heavy (non-hydrogen) atoms. The zero-order valence-electron chi connectivity index (χ0n) is 13.8. The summed E-state index contributed by atoms with van der Waals surface area (Å²) in [4.78, 5) is 6.66. The average Bonchev–Trinajstić information content (AvgIpc) is 2.45. The molecule has 0 saturated heterocycles. The molecule has 0 aliphatic carbocycles. The molecule has 1 aromatic heterocycles. The molecule has 0 bridgehead atoms. The molecule has 1 atom stereocenters. The van der Waals surface area contributed by atoms with E-state index in [1.807, 2.05) is 12.4 Å². The molecular formula is C17H31N3. The van der Waals surface area contributed by atoms with Gasteiger partial charge in [-0.05, 0) is 64.0 Å². The van der Waals surface area contributed by atoms with Gasteiger partial charge in [0.15, 0.2) is 0 Å². The molecular weight excluding hydrogens is 246 g/mol. The van der Waals surface area contributed by atoms with Crippen molar-refractivity contribution < 1.29 is 0 Å². The van der Waals surface area contributed by atoms with Gasteiger partial charge >= 0.3 is 0 Å². The predicted octanol–water partition coefficient (Wildman–Crippen LogP) is 3.11. The van der Waals surface area contributed by atoms with E-state index in [1.165, 1.54) is 12.0 Å². The Morgan fingerprint density at radius 1 is 1.15 bits per heavy atom. The molecule has 1 heterocycles. The van der Waals surface area contributed by atoms with E-state index in [0.29, 0.717) is 6.04 Å². The van der Waals surface area contributed by atoms with E-state index in [1.54, 1.807) is 0 Å². The van der Waals surface area contributed by atoms with E-state index < -0.39 is 0 Å². The summed E-state index contributed by atoms with van der Waals surface area (Å²) in [6.07, 6.45) is 5.99. The lowest BCUT2D eigenvalue weighted by Gasteiger charge is -2.44. The van der Waals surface area contributed by atoms with Crippen LogP contribution in [0.5, 0.6) is 0 Å². The van der Waals surface area contributed by atoms with Gasteiger partial charge < -0.3 is 5.32 Å². The van der Waals surface area contributed by atoms with E-state index >= 15 is 0 Å². The third-order valence-corrected chi connectivity index (χ3v) is 4.26. The van der Waals surface area contributed by atoms with Crippen molar-refractivity contribution in [1.82, 2.24) is 15.2 Å². The van der Waals surface area contributed by atoms with Crippen LogP contribution in [0, 0.1) is 0 Å². The van der Waals surface area contributed by atoms with Crippen molar-refractivity contribution >= 4 is 0 Å². The van der Waals surface area contributed by atoms with Crippen LogP contribution in [0.3, 0.4) is 0 Å². The first-order valence-electron chi connectivity index (χ1n) is 7.93. The Balaban J connectivity index is 2.87. The van der Waals surface area contributed by atoms with Crippen LogP contribution in [0.15, 0.2) is 24.5 Å². The fourth-order valence-corrected chi connectivity index (χ4v) is 2.90. The minimum Gasteiger partial charge on any atom is -0.312 e. The minimum absolute atomic E-state index is 0.141. The van der Waals surface area contributed by atoms with Crippen molar-refractivity contribution in [3.63, 3.8) is 0 Å². The Hall–Kier alpha value is -0.930. The molecule has 3 heteroatoms. The Morgan fingerprint density at radius 2 is 1.75 bits per heavy atom. The van der Waals surface area contributed by atoms with Crippen LogP contribution in [-0.2, 0) is 6.42 Å². The third kappa shape index (κ3) is 4.57.